The van der Waals surface area contributed by atoms with E-state index in [1.54, 1.807) is 7.05 Å². The number of nitrogens with one attached hydrogen (secondary N) is 2. The molecule has 1 aromatic carbocycles. The van der Waals surface area contributed by atoms with Crippen LogP contribution in [0.1, 0.15) is 6.42 Å². The zero-order valence-corrected chi connectivity index (χ0v) is 19.0. The average molecular weight is 516 g/mol. The van der Waals surface area contributed by atoms with E-state index in [1.807, 2.05) is 24.3 Å². The van der Waals surface area contributed by atoms with Gasteiger partial charge in [-0.05, 0) is 18.6 Å². The predicted octanol–water partition coefficient (Wildman–Crippen LogP) is 1.59. The molecule has 1 saturated heterocycles. The molecule has 1 fully saturated rings. The lowest BCUT2D eigenvalue weighted by Crippen LogP contribution is -2.52. The Morgan fingerprint density at radius 1 is 1.19 bits per heavy atom. The van der Waals surface area contributed by atoms with E-state index in [0.29, 0.717) is 19.5 Å². The van der Waals surface area contributed by atoms with Gasteiger partial charge in [0.1, 0.15) is 0 Å². The van der Waals surface area contributed by atoms with Gasteiger partial charge in [0.15, 0.2) is 5.96 Å². The molecule has 0 unspecified atom stereocenters. The number of aliphatic imine (C=N–C) groups is 1. The van der Waals surface area contributed by atoms with Crippen LogP contribution in [0.25, 0.3) is 0 Å². The monoisotopic (exact) mass is 515 g/mol. The van der Waals surface area contributed by atoms with E-state index >= 15 is 0 Å². The van der Waals surface area contributed by atoms with E-state index in [1.165, 1.54) is 0 Å². The molecule has 7 nitrogen and oxygen atoms in total. The average Bonchev–Trinajstić information content (AvgIpc) is 2.58. The van der Waals surface area contributed by atoms with Crippen LogP contribution in [-0.4, -0.2) is 71.8 Å². The summed E-state index contributed by atoms with van der Waals surface area (Å²) in [6, 6.07) is 7.89. The molecule has 0 spiro atoms. The topological polar surface area (TPSA) is 77.0 Å². The highest BCUT2D eigenvalue weighted by molar-refractivity contribution is 14.0. The van der Waals surface area contributed by atoms with Crippen molar-refractivity contribution in [3.8, 4) is 0 Å². The summed E-state index contributed by atoms with van der Waals surface area (Å²) in [5.74, 6) is 0.846. The smallest absolute Gasteiger partial charge is 0.208 e. The van der Waals surface area contributed by atoms with Gasteiger partial charge in [0.25, 0.3) is 0 Å². The largest absolute Gasteiger partial charge is 0.367 e. The maximum Gasteiger partial charge on any atom is 0.208 e. The minimum atomic E-state index is -3.12. The standard InChI is InChI=1S/C16H26ClN5O2S.HI/c1-18-16(19-8-5-9-20-25(2,23)24)22-12-10-21(11-13-22)15-7-4-3-6-14(15)17;/h3-4,6-7,20H,5,8-13H2,1-2H3,(H,18,19);1H. The van der Waals surface area contributed by atoms with Crippen molar-refractivity contribution in [2.45, 2.75) is 6.42 Å². The fourth-order valence-corrected chi connectivity index (χ4v) is 3.52. The highest BCUT2D eigenvalue weighted by Crippen LogP contribution is 2.25. The Morgan fingerprint density at radius 2 is 1.85 bits per heavy atom. The first-order valence-electron chi connectivity index (χ1n) is 8.30. The predicted molar refractivity (Wildman–Crippen MR) is 119 cm³/mol. The van der Waals surface area contributed by atoms with Crippen molar-refractivity contribution < 1.29 is 8.42 Å². The normalized spacial score (nSPS) is 15.6. The summed E-state index contributed by atoms with van der Waals surface area (Å²) in [6.45, 7) is 4.54. The first kappa shape index (κ1) is 23.3. The molecule has 0 saturated carbocycles. The number of benzene rings is 1. The molecule has 0 amide bonds. The van der Waals surface area contributed by atoms with Gasteiger partial charge in [0.2, 0.25) is 10.0 Å². The number of nitrogens with zero attached hydrogens (tertiary/aromatic N) is 3. The van der Waals surface area contributed by atoms with Crippen molar-refractivity contribution in [1.82, 2.24) is 14.9 Å². The molecule has 148 valence electrons. The molecule has 0 atom stereocenters. The van der Waals surface area contributed by atoms with Gasteiger partial charge in [-0.25, -0.2) is 13.1 Å². The molecule has 10 heteroatoms. The van der Waals surface area contributed by atoms with E-state index in [0.717, 1.165) is 49.1 Å². The summed E-state index contributed by atoms with van der Waals surface area (Å²) < 4.78 is 24.5. The summed E-state index contributed by atoms with van der Waals surface area (Å²) in [6.07, 6.45) is 1.86. The third-order valence-electron chi connectivity index (χ3n) is 3.99. The molecule has 1 heterocycles. The highest BCUT2D eigenvalue weighted by Gasteiger charge is 2.20. The minimum Gasteiger partial charge on any atom is -0.367 e. The number of sulfonamides is 1. The first-order valence-corrected chi connectivity index (χ1v) is 10.6. The number of piperazine rings is 1. The van der Waals surface area contributed by atoms with E-state index in [2.05, 4.69) is 24.8 Å². The Balaban J connectivity index is 0.00000338. The third kappa shape index (κ3) is 7.45. The van der Waals surface area contributed by atoms with Gasteiger partial charge < -0.3 is 15.1 Å². The minimum absolute atomic E-state index is 0. The van der Waals surface area contributed by atoms with Crippen molar-refractivity contribution >= 4 is 57.2 Å². The summed E-state index contributed by atoms with van der Waals surface area (Å²) in [5.41, 5.74) is 1.07. The maximum absolute atomic E-state index is 11.0. The number of para-hydroxylation sites is 1. The van der Waals surface area contributed by atoms with Gasteiger partial charge in [0, 0.05) is 46.3 Å². The highest BCUT2D eigenvalue weighted by atomic mass is 127. The Kier molecular flexibility index (Phi) is 9.98. The van der Waals surface area contributed by atoms with Gasteiger partial charge in [-0.3, -0.25) is 4.99 Å². The fraction of sp³-hybridized carbons (Fsp3) is 0.562. The van der Waals surface area contributed by atoms with Crippen molar-refractivity contribution in [2.75, 3.05) is 57.5 Å². The van der Waals surface area contributed by atoms with Crippen LogP contribution in [0.4, 0.5) is 5.69 Å². The van der Waals surface area contributed by atoms with Crippen molar-refractivity contribution in [1.29, 1.82) is 0 Å². The lowest BCUT2D eigenvalue weighted by molar-refractivity contribution is 0.372. The second-order valence-electron chi connectivity index (χ2n) is 5.92. The molecule has 1 aromatic rings. The fourth-order valence-electron chi connectivity index (χ4n) is 2.75. The van der Waals surface area contributed by atoms with E-state index in [4.69, 9.17) is 11.6 Å². The zero-order valence-electron chi connectivity index (χ0n) is 15.1. The number of hydrogen-bond donors (Lipinski definition) is 2. The molecule has 0 radical (unpaired) electrons. The molecule has 2 rings (SSSR count). The van der Waals surface area contributed by atoms with Crippen LogP contribution < -0.4 is 14.9 Å². The Morgan fingerprint density at radius 3 is 2.42 bits per heavy atom. The summed E-state index contributed by atoms with van der Waals surface area (Å²) in [5, 5.41) is 4.06. The number of anilines is 1. The second kappa shape index (κ2) is 11.2. The van der Waals surface area contributed by atoms with Crippen LogP contribution >= 0.6 is 35.6 Å². The summed E-state index contributed by atoms with van der Waals surface area (Å²) >= 11 is 6.27. The van der Waals surface area contributed by atoms with Crippen LogP contribution in [0.15, 0.2) is 29.3 Å². The third-order valence-corrected chi connectivity index (χ3v) is 5.03. The van der Waals surface area contributed by atoms with Crippen LogP contribution in [0.2, 0.25) is 5.02 Å². The molecule has 1 aliphatic heterocycles. The molecule has 0 aliphatic carbocycles. The molecule has 1 aliphatic rings. The van der Waals surface area contributed by atoms with Crippen LogP contribution in [0, 0.1) is 0 Å². The van der Waals surface area contributed by atoms with Crippen molar-refractivity contribution in [3.63, 3.8) is 0 Å². The van der Waals surface area contributed by atoms with Gasteiger partial charge in [0.05, 0.1) is 17.0 Å². The van der Waals surface area contributed by atoms with Crippen LogP contribution in [0.5, 0.6) is 0 Å². The molecular formula is C16H27ClIN5O2S. The second-order valence-corrected chi connectivity index (χ2v) is 8.16. The van der Waals surface area contributed by atoms with Gasteiger partial charge in [-0.15, -0.1) is 24.0 Å². The quantitative estimate of drug-likeness (QED) is 0.260. The van der Waals surface area contributed by atoms with Gasteiger partial charge in [-0.1, -0.05) is 23.7 Å². The molecule has 26 heavy (non-hydrogen) atoms. The number of rotatable bonds is 6. The molecule has 2 N–H and O–H groups in total. The van der Waals surface area contributed by atoms with Gasteiger partial charge >= 0.3 is 0 Å². The van der Waals surface area contributed by atoms with E-state index < -0.39 is 10.0 Å². The van der Waals surface area contributed by atoms with E-state index in [9.17, 15) is 8.42 Å². The van der Waals surface area contributed by atoms with Crippen LogP contribution in [0.3, 0.4) is 0 Å². The zero-order chi connectivity index (χ0) is 18.3. The Bertz CT molecular complexity index is 694. The number of halogens is 2. The van der Waals surface area contributed by atoms with Gasteiger partial charge in [-0.2, -0.15) is 0 Å². The lowest BCUT2D eigenvalue weighted by atomic mass is 10.2. The number of hydrogen-bond acceptors (Lipinski definition) is 4. The maximum atomic E-state index is 11.0. The van der Waals surface area contributed by atoms with E-state index in [-0.39, 0.29) is 24.0 Å². The Hall–Kier alpha value is -0.780. The molecule has 0 bridgehead atoms. The molecule has 0 aromatic heterocycles. The number of guanidine groups is 1. The molecular weight excluding hydrogens is 489 g/mol. The summed E-state index contributed by atoms with van der Waals surface area (Å²) in [4.78, 5) is 8.81. The first-order chi connectivity index (χ1) is 11.9. The van der Waals surface area contributed by atoms with Crippen molar-refractivity contribution in [3.05, 3.63) is 29.3 Å². The summed E-state index contributed by atoms with van der Waals surface area (Å²) in [7, 11) is -1.36. The Labute approximate surface area is 178 Å². The van der Waals surface area contributed by atoms with Crippen LogP contribution in [-0.2, 0) is 10.0 Å². The van der Waals surface area contributed by atoms with Crippen molar-refractivity contribution in [2.24, 2.45) is 4.99 Å². The lowest BCUT2D eigenvalue weighted by Gasteiger charge is -2.38. The SMILES string of the molecule is CN=C(NCCCNS(C)(=O)=O)N1CCN(c2ccccc2Cl)CC1.I.